The second-order valence-electron chi connectivity index (χ2n) is 7.65. The predicted octanol–water partition coefficient (Wildman–Crippen LogP) is 5.53. The molecule has 1 saturated heterocycles. The van der Waals surface area contributed by atoms with Gasteiger partial charge in [-0.25, -0.2) is 0 Å². The summed E-state index contributed by atoms with van der Waals surface area (Å²) in [6, 6.07) is 20.3. The largest absolute Gasteiger partial charge is 0.497 e. The summed E-state index contributed by atoms with van der Waals surface area (Å²) in [5.41, 5.74) is 1.99. The molecule has 3 aromatic carbocycles. The number of hydrogen-bond acceptors (Lipinski definition) is 4. The Balaban J connectivity index is 1.59. The molecule has 9 heteroatoms. The standard InChI is InChI=1S/C25H21Cl2N3O3S/c1-33-20-12-8-18(9-13-20)28-23(31)14-22-24(32)30(19-10-6-17(26)7-11-19)25(34)29(22)15-16-4-2-3-5-21(16)27/h2-13,22H,14-15H2,1H3,(H,28,31)/t22-/m0/s1. The number of anilines is 2. The Kier molecular flexibility index (Phi) is 7.36. The van der Waals surface area contributed by atoms with Crippen LogP contribution in [-0.4, -0.2) is 35.0 Å². The predicted molar refractivity (Wildman–Crippen MR) is 139 cm³/mol. The lowest BCUT2D eigenvalue weighted by atomic mass is 10.1. The number of halogens is 2. The lowest BCUT2D eigenvalue weighted by Gasteiger charge is -2.24. The van der Waals surface area contributed by atoms with Crippen molar-refractivity contribution in [2.24, 2.45) is 0 Å². The fourth-order valence-electron chi connectivity index (χ4n) is 3.71. The number of ether oxygens (including phenoxy) is 1. The van der Waals surface area contributed by atoms with Gasteiger partial charge in [-0.2, -0.15) is 0 Å². The van der Waals surface area contributed by atoms with Crippen molar-refractivity contribution in [3.63, 3.8) is 0 Å². The molecule has 1 heterocycles. The number of amides is 2. The van der Waals surface area contributed by atoms with Crippen molar-refractivity contribution < 1.29 is 14.3 Å². The number of nitrogens with zero attached hydrogens (tertiary/aromatic N) is 2. The van der Waals surface area contributed by atoms with E-state index in [4.69, 9.17) is 40.2 Å². The van der Waals surface area contributed by atoms with Crippen molar-refractivity contribution in [1.82, 2.24) is 4.90 Å². The second-order valence-corrected chi connectivity index (χ2v) is 8.86. The van der Waals surface area contributed by atoms with Crippen LogP contribution in [0.2, 0.25) is 10.0 Å². The average molecular weight is 514 g/mol. The normalized spacial score (nSPS) is 15.6. The number of carbonyl (C=O) groups excluding carboxylic acids is 2. The molecule has 0 radical (unpaired) electrons. The average Bonchev–Trinajstić information content (AvgIpc) is 3.05. The van der Waals surface area contributed by atoms with Crippen molar-refractivity contribution >= 4 is 63.7 Å². The van der Waals surface area contributed by atoms with Crippen LogP contribution < -0.4 is 15.0 Å². The number of thiocarbonyl (C=S) groups is 1. The van der Waals surface area contributed by atoms with Crippen molar-refractivity contribution in [3.05, 3.63) is 88.4 Å². The fraction of sp³-hybridized carbons (Fsp3) is 0.160. The number of rotatable bonds is 7. The smallest absolute Gasteiger partial charge is 0.256 e. The van der Waals surface area contributed by atoms with Gasteiger partial charge in [0.1, 0.15) is 11.8 Å². The Hall–Kier alpha value is -3.13. The van der Waals surface area contributed by atoms with E-state index in [1.54, 1.807) is 66.6 Å². The van der Waals surface area contributed by atoms with Crippen molar-refractivity contribution in [2.75, 3.05) is 17.3 Å². The molecule has 2 amide bonds. The quantitative estimate of drug-likeness (QED) is 0.420. The Morgan fingerprint density at radius 1 is 1.03 bits per heavy atom. The van der Waals surface area contributed by atoms with Crippen molar-refractivity contribution in [1.29, 1.82) is 0 Å². The zero-order chi connectivity index (χ0) is 24.2. The zero-order valence-electron chi connectivity index (χ0n) is 18.2. The first-order chi connectivity index (χ1) is 16.4. The number of carbonyl (C=O) groups is 2. The van der Waals surface area contributed by atoms with E-state index < -0.39 is 6.04 Å². The Bertz CT molecular complexity index is 1220. The van der Waals surface area contributed by atoms with Gasteiger partial charge in [-0.3, -0.25) is 14.5 Å². The van der Waals surface area contributed by atoms with Gasteiger partial charge in [-0.15, -0.1) is 0 Å². The third-order valence-corrected chi connectivity index (χ3v) is 6.49. The lowest BCUT2D eigenvalue weighted by Crippen LogP contribution is -2.37. The van der Waals surface area contributed by atoms with Gasteiger partial charge in [0.25, 0.3) is 5.91 Å². The van der Waals surface area contributed by atoms with Gasteiger partial charge in [0, 0.05) is 22.3 Å². The minimum absolute atomic E-state index is 0.0838. The van der Waals surface area contributed by atoms with Crippen LogP contribution in [0.25, 0.3) is 0 Å². The molecule has 1 aliphatic rings. The van der Waals surface area contributed by atoms with Crippen molar-refractivity contribution in [2.45, 2.75) is 19.0 Å². The first kappa shape index (κ1) is 24.0. The van der Waals surface area contributed by atoms with Gasteiger partial charge >= 0.3 is 0 Å². The lowest BCUT2D eigenvalue weighted by molar-refractivity contribution is -0.124. The molecule has 34 heavy (non-hydrogen) atoms. The first-order valence-electron chi connectivity index (χ1n) is 10.4. The molecule has 1 aliphatic heterocycles. The molecule has 174 valence electrons. The Morgan fingerprint density at radius 2 is 1.71 bits per heavy atom. The molecule has 1 fully saturated rings. The molecular formula is C25H21Cl2N3O3S. The molecule has 0 aromatic heterocycles. The van der Waals surface area contributed by atoms with E-state index in [-0.39, 0.29) is 24.8 Å². The number of benzene rings is 3. The molecule has 0 unspecified atom stereocenters. The van der Waals surface area contributed by atoms with Crippen molar-refractivity contribution in [3.8, 4) is 5.75 Å². The van der Waals surface area contributed by atoms with Gasteiger partial charge in [-0.05, 0) is 72.4 Å². The summed E-state index contributed by atoms with van der Waals surface area (Å²) in [7, 11) is 1.57. The van der Waals surface area contributed by atoms with Gasteiger partial charge in [0.05, 0.1) is 19.2 Å². The molecular weight excluding hydrogens is 493 g/mol. The van der Waals surface area contributed by atoms with E-state index in [1.165, 1.54) is 4.90 Å². The highest BCUT2D eigenvalue weighted by Gasteiger charge is 2.44. The summed E-state index contributed by atoms with van der Waals surface area (Å²) in [5.74, 6) is 0.0801. The van der Waals surface area contributed by atoms with Crippen LogP contribution in [0.3, 0.4) is 0 Å². The highest BCUT2D eigenvalue weighted by Crippen LogP contribution is 2.31. The monoisotopic (exact) mass is 513 g/mol. The van der Waals surface area contributed by atoms with Crippen LogP contribution >= 0.6 is 35.4 Å². The minimum Gasteiger partial charge on any atom is -0.497 e. The maximum Gasteiger partial charge on any atom is 0.256 e. The van der Waals surface area contributed by atoms with E-state index in [1.807, 2.05) is 18.2 Å². The summed E-state index contributed by atoms with van der Waals surface area (Å²) in [6.45, 7) is 0.287. The SMILES string of the molecule is COc1ccc(NC(=O)C[C@H]2C(=O)N(c3ccc(Cl)cc3)C(=S)N2Cc2ccccc2Cl)cc1. The third kappa shape index (κ3) is 5.17. The summed E-state index contributed by atoms with van der Waals surface area (Å²) in [6.07, 6.45) is -0.0838. The van der Waals surface area contributed by atoms with Gasteiger partial charge in [0.2, 0.25) is 5.91 Å². The van der Waals surface area contributed by atoms with E-state index in [2.05, 4.69) is 5.32 Å². The summed E-state index contributed by atoms with van der Waals surface area (Å²) >= 11 is 18.1. The van der Waals surface area contributed by atoms with Crippen LogP contribution in [0, 0.1) is 0 Å². The maximum atomic E-state index is 13.5. The van der Waals surface area contributed by atoms with Crippen LogP contribution in [0.5, 0.6) is 5.75 Å². The molecule has 3 aromatic rings. The van der Waals surface area contributed by atoms with Crippen LogP contribution in [0.15, 0.2) is 72.8 Å². The van der Waals surface area contributed by atoms with Gasteiger partial charge in [-0.1, -0.05) is 41.4 Å². The first-order valence-corrected chi connectivity index (χ1v) is 11.6. The number of hydrogen-bond donors (Lipinski definition) is 1. The highest BCUT2D eigenvalue weighted by atomic mass is 35.5. The van der Waals surface area contributed by atoms with E-state index in [0.717, 1.165) is 5.56 Å². The van der Waals surface area contributed by atoms with Crippen LogP contribution in [0.4, 0.5) is 11.4 Å². The summed E-state index contributed by atoms with van der Waals surface area (Å²) < 4.78 is 5.15. The van der Waals surface area contributed by atoms with Crippen LogP contribution in [0.1, 0.15) is 12.0 Å². The Morgan fingerprint density at radius 3 is 2.35 bits per heavy atom. The molecule has 0 spiro atoms. The van der Waals surface area contributed by atoms with Gasteiger partial charge in [0.15, 0.2) is 5.11 Å². The topological polar surface area (TPSA) is 61.9 Å². The number of nitrogens with one attached hydrogen (secondary N) is 1. The molecule has 6 nitrogen and oxygen atoms in total. The van der Waals surface area contributed by atoms with Crippen LogP contribution in [-0.2, 0) is 16.1 Å². The molecule has 4 rings (SSSR count). The summed E-state index contributed by atoms with van der Waals surface area (Å²) in [5, 5.41) is 4.24. The molecule has 1 N–H and O–H groups in total. The van der Waals surface area contributed by atoms with Gasteiger partial charge < -0.3 is 15.0 Å². The molecule has 0 aliphatic carbocycles. The third-order valence-electron chi connectivity index (χ3n) is 5.45. The van der Waals surface area contributed by atoms with E-state index in [0.29, 0.717) is 32.3 Å². The van der Waals surface area contributed by atoms with E-state index >= 15 is 0 Å². The van der Waals surface area contributed by atoms with E-state index in [9.17, 15) is 9.59 Å². The molecule has 1 atom stereocenters. The fourth-order valence-corrected chi connectivity index (χ4v) is 4.42. The minimum atomic E-state index is -0.794. The number of methoxy groups -OCH3 is 1. The second kappa shape index (κ2) is 10.4. The summed E-state index contributed by atoms with van der Waals surface area (Å²) in [4.78, 5) is 29.6. The zero-order valence-corrected chi connectivity index (χ0v) is 20.5. The maximum absolute atomic E-state index is 13.5. The highest BCUT2D eigenvalue weighted by molar-refractivity contribution is 7.80. The Labute approximate surface area is 213 Å². The molecule has 0 bridgehead atoms. The molecule has 0 saturated carbocycles.